The zero-order valence-electron chi connectivity index (χ0n) is 10.6. The number of thioether (sulfide) groups is 1. The Bertz CT molecular complexity index is 225. The van der Waals surface area contributed by atoms with Gasteiger partial charge in [0.2, 0.25) is 0 Å². The fourth-order valence-electron chi connectivity index (χ4n) is 2.35. The Hall–Kier alpha value is -0.200. The normalized spacial score (nSPS) is 20.6. The summed E-state index contributed by atoms with van der Waals surface area (Å²) in [7, 11) is 1.90. The first-order valence-corrected chi connectivity index (χ1v) is 7.53. The molecule has 0 aliphatic heterocycles. The van der Waals surface area contributed by atoms with Gasteiger partial charge in [0, 0.05) is 5.25 Å². The average molecular weight is 240 g/mol. The van der Waals surface area contributed by atoms with E-state index in [9.17, 15) is 0 Å². The van der Waals surface area contributed by atoms with Crippen LogP contribution in [0.15, 0.2) is 0 Å². The highest BCUT2D eigenvalue weighted by Gasteiger charge is 2.25. The number of rotatable bonds is 7. The van der Waals surface area contributed by atoms with Gasteiger partial charge < -0.3 is 5.32 Å². The molecule has 2 nitrogen and oxygen atoms in total. The molecule has 0 saturated heterocycles. The molecule has 1 saturated carbocycles. The lowest BCUT2D eigenvalue weighted by Gasteiger charge is -2.24. The standard InChI is InChI=1S/C13H24N2S/c1-3-13(11-14,15-2)9-6-10-16-12-7-4-5-8-12/h12,15H,3-10H2,1-2H3. The van der Waals surface area contributed by atoms with Gasteiger partial charge in [-0.25, -0.2) is 0 Å². The van der Waals surface area contributed by atoms with E-state index in [1.54, 1.807) is 0 Å². The van der Waals surface area contributed by atoms with Crippen molar-refractivity contribution < 1.29 is 0 Å². The highest BCUT2D eigenvalue weighted by molar-refractivity contribution is 7.99. The van der Waals surface area contributed by atoms with Crippen LogP contribution in [0.3, 0.4) is 0 Å². The molecule has 16 heavy (non-hydrogen) atoms. The average Bonchev–Trinajstić information content (AvgIpc) is 2.83. The molecule has 1 fully saturated rings. The van der Waals surface area contributed by atoms with Crippen LogP contribution in [0.2, 0.25) is 0 Å². The molecule has 0 aromatic rings. The van der Waals surface area contributed by atoms with Gasteiger partial charge in [0.25, 0.3) is 0 Å². The number of nitrogens with one attached hydrogen (secondary N) is 1. The molecule has 0 spiro atoms. The highest BCUT2D eigenvalue weighted by Crippen LogP contribution is 2.30. The predicted octanol–water partition coefficient (Wildman–Crippen LogP) is 3.33. The van der Waals surface area contributed by atoms with E-state index in [1.165, 1.54) is 31.4 Å². The maximum absolute atomic E-state index is 9.17. The summed E-state index contributed by atoms with van der Waals surface area (Å²) in [6.45, 7) is 2.09. The van der Waals surface area contributed by atoms with Crippen LogP contribution in [-0.2, 0) is 0 Å². The molecular formula is C13H24N2S. The molecule has 0 heterocycles. The molecule has 1 unspecified atom stereocenters. The lowest BCUT2D eigenvalue weighted by atomic mass is 9.93. The van der Waals surface area contributed by atoms with Gasteiger partial charge in [-0.05, 0) is 44.9 Å². The molecule has 0 bridgehead atoms. The molecule has 3 heteroatoms. The van der Waals surface area contributed by atoms with Gasteiger partial charge in [0.15, 0.2) is 0 Å². The molecule has 1 aliphatic rings. The van der Waals surface area contributed by atoms with E-state index in [1.807, 2.05) is 7.05 Å². The minimum absolute atomic E-state index is 0.282. The Morgan fingerprint density at radius 3 is 2.62 bits per heavy atom. The number of hydrogen-bond acceptors (Lipinski definition) is 3. The molecule has 1 aliphatic carbocycles. The first-order chi connectivity index (χ1) is 7.76. The Morgan fingerprint density at radius 2 is 2.12 bits per heavy atom. The predicted molar refractivity (Wildman–Crippen MR) is 71.6 cm³/mol. The third kappa shape index (κ3) is 3.99. The summed E-state index contributed by atoms with van der Waals surface area (Å²) in [6.07, 6.45) is 8.70. The Kier molecular flexibility index (Phi) is 6.23. The molecule has 0 aromatic heterocycles. The minimum atomic E-state index is -0.282. The fraction of sp³-hybridized carbons (Fsp3) is 0.923. The number of hydrogen-bond donors (Lipinski definition) is 1. The second kappa shape index (κ2) is 7.19. The van der Waals surface area contributed by atoms with E-state index in [-0.39, 0.29) is 5.54 Å². The summed E-state index contributed by atoms with van der Waals surface area (Å²) in [4.78, 5) is 0. The molecular weight excluding hydrogens is 216 g/mol. The molecule has 0 radical (unpaired) electrons. The fourth-order valence-corrected chi connectivity index (χ4v) is 3.66. The summed E-state index contributed by atoms with van der Waals surface area (Å²) < 4.78 is 0. The number of nitrogens with zero attached hydrogens (tertiary/aromatic N) is 1. The monoisotopic (exact) mass is 240 g/mol. The third-order valence-electron chi connectivity index (χ3n) is 3.70. The first-order valence-electron chi connectivity index (χ1n) is 6.48. The second-order valence-corrected chi connectivity index (χ2v) is 6.09. The van der Waals surface area contributed by atoms with Crippen LogP contribution in [0.5, 0.6) is 0 Å². The van der Waals surface area contributed by atoms with Gasteiger partial charge in [-0.1, -0.05) is 19.8 Å². The summed E-state index contributed by atoms with van der Waals surface area (Å²) in [5, 5.41) is 13.3. The van der Waals surface area contributed by atoms with Crippen molar-refractivity contribution >= 4 is 11.8 Å². The van der Waals surface area contributed by atoms with Gasteiger partial charge in [0.1, 0.15) is 5.54 Å². The minimum Gasteiger partial charge on any atom is -0.302 e. The van der Waals surface area contributed by atoms with E-state index in [4.69, 9.17) is 5.26 Å². The lowest BCUT2D eigenvalue weighted by Crippen LogP contribution is -2.40. The lowest BCUT2D eigenvalue weighted by molar-refractivity contribution is 0.400. The van der Waals surface area contributed by atoms with Crippen LogP contribution in [-0.4, -0.2) is 23.6 Å². The Labute approximate surface area is 104 Å². The van der Waals surface area contributed by atoms with Crippen LogP contribution in [0.1, 0.15) is 51.9 Å². The zero-order chi connectivity index (χ0) is 11.9. The van der Waals surface area contributed by atoms with Gasteiger partial charge in [-0.3, -0.25) is 0 Å². The number of nitriles is 1. The van der Waals surface area contributed by atoms with Crippen molar-refractivity contribution in [1.82, 2.24) is 5.32 Å². The van der Waals surface area contributed by atoms with Gasteiger partial charge in [-0.15, -0.1) is 0 Å². The third-order valence-corrected chi connectivity index (χ3v) is 5.17. The zero-order valence-corrected chi connectivity index (χ0v) is 11.4. The smallest absolute Gasteiger partial charge is 0.106 e. The summed E-state index contributed by atoms with van der Waals surface area (Å²) in [5.41, 5.74) is -0.282. The largest absolute Gasteiger partial charge is 0.302 e. The van der Waals surface area contributed by atoms with Crippen LogP contribution in [0.4, 0.5) is 0 Å². The second-order valence-electron chi connectivity index (χ2n) is 4.68. The van der Waals surface area contributed by atoms with E-state index in [0.29, 0.717) is 0 Å². The quantitative estimate of drug-likeness (QED) is 0.693. The first kappa shape index (κ1) is 13.9. The molecule has 0 aromatic carbocycles. The maximum atomic E-state index is 9.17. The van der Waals surface area contributed by atoms with E-state index >= 15 is 0 Å². The summed E-state index contributed by atoms with van der Waals surface area (Å²) in [5.74, 6) is 1.22. The van der Waals surface area contributed by atoms with Crippen molar-refractivity contribution in [3.63, 3.8) is 0 Å². The summed E-state index contributed by atoms with van der Waals surface area (Å²) >= 11 is 2.12. The molecule has 1 N–H and O–H groups in total. The van der Waals surface area contributed by atoms with Crippen molar-refractivity contribution in [2.75, 3.05) is 12.8 Å². The molecule has 1 rings (SSSR count). The van der Waals surface area contributed by atoms with Crippen molar-refractivity contribution in [2.24, 2.45) is 0 Å². The van der Waals surface area contributed by atoms with Crippen molar-refractivity contribution in [3.05, 3.63) is 0 Å². The van der Waals surface area contributed by atoms with Crippen molar-refractivity contribution in [1.29, 1.82) is 5.26 Å². The molecule has 92 valence electrons. The van der Waals surface area contributed by atoms with E-state index < -0.39 is 0 Å². The van der Waals surface area contributed by atoms with E-state index in [0.717, 1.165) is 24.5 Å². The van der Waals surface area contributed by atoms with Crippen LogP contribution in [0.25, 0.3) is 0 Å². The van der Waals surface area contributed by atoms with Crippen molar-refractivity contribution in [3.8, 4) is 6.07 Å². The molecule has 0 amide bonds. The SMILES string of the molecule is CCC(C#N)(CCCSC1CCCC1)NC. The van der Waals surface area contributed by atoms with Crippen molar-refractivity contribution in [2.45, 2.75) is 62.7 Å². The van der Waals surface area contributed by atoms with Gasteiger partial charge in [0.05, 0.1) is 6.07 Å². The van der Waals surface area contributed by atoms with Crippen LogP contribution >= 0.6 is 11.8 Å². The highest BCUT2D eigenvalue weighted by atomic mass is 32.2. The Morgan fingerprint density at radius 1 is 1.44 bits per heavy atom. The van der Waals surface area contributed by atoms with E-state index in [2.05, 4.69) is 30.1 Å². The van der Waals surface area contributed by atoms with Gasteiger partial charge in [-0.2, -0.15) is 17.0 Å². The topological polar surface area (TPSA) is 35.8 Å². The molecule has 1 atom stereocenters. The summed E-state index contributed by atoms with van der Waals surface area (Å²) in [6, 6.07) is 2.42. The van der Waals surface area contributed by atoms with Gasteiger partial charge >= 0.3 is 0 Å². The van der Waals surface area contributed by atoms with Crippen LogP contribution in [0, 0.1) is 11.3 Å². The Balaban J connectivity index is 2.15. The maximum Gasteiger partial charge on any atom is 0.106 e. The van der Waals surface area contributed by atoms with Crippen LogP contribution < -0.4 is 5.32 Å².